The molecular formula is C29H30N4O. The van der Waals surface area contributed by atoms with E-state index in [1.165, 1.54) is 11.1 Å². The van der Waals surface area contributed by atoms with Crippen LogP contribution in [-0.4, -0.2) is 53.4 Å². The molecule has 5 rings (SSSR count). The van der Waals surface area contributed by atoms with E-state index < -0.39 is 0 Å². The van der Waals surface area contributed by atoms with Gasteiger partial charge in [-0.3, -0.25) is 14.7 Å². The molecule has 1 aliphatic rings. The molecular weight excluding hydrogens is 420 g/mol. The highest BCUT2D eigenvalue weighted by molar-refractivity contribution is 6.00. The number of fused-ring (bicyclic) bond motifs is 1. The van der Waals surface area contributed by atoms with E-state index in [9.17, 15) is 4.79 Å². The van der Waals surface area contributed by atoms with Crippen LogP contribution in [0.4, 0.5) is 5.69 Å². The Bertz CT molecular complexity index is 1180. The van der Waals surface area contributed by atoms with Crippen LogP contribution in [0, 0.1) is 0 Å². The van der Waals surface area contributed by atoms with E-state index in [1.807, 2.05) is 30.3 Å². The molecule has 1 aliphatic heterocycles. The minimum Gasteiger partial charge on any atom is -0.325 e. The van der Waals surface area contributed by atoms with Crippen molar-refractivity contribution in [1.29, 1.82) is 0 Å². The zero-order valence-corrected chi connectivity index (χ0v) is 19.3. The molecule has 172 valence electrons. The van der Waals surface area contributed by atoms with E-state index in [0.29, 0.717) is 6.42 Å². The lowest BCUT2D eigenvalue weighted by Crippen LogP contribution is -2.48. The van der Waals surface area contributed by atoms with Crippen molar-refractivity contribution in [3.63, 3.8) is 0 Å². The Labute approximate surface area is 201 Å². The number of hydrogen-bond donors (Lipinski definition) is 1. The first kappa shape index (κ1) is 22.3. The third kappa shape index (κ3) is 5.16. The van der Waals surface area contributed by atoms with Crippen LogP contribution in [0.25, 0.3) is 10.9 Å². The lowest BCUT2D eigenvalue weighted by atomic mass is 9.96. The van der Waals surface area contributed by atoms with E-state index in [1.54, 1.807) is 6.20 Å². The molecule has 0 atom stereocenters. The molecule has 0 spiro atoms. The third-order valence-electron chi connectivity index (χ3n) is 6.58. The van der Waals surface area contributed by atoms with Crippen molar-refractivity contribution in [3.8, 4) is 0 Å². The summed E-state index contributed by atoms with van der Waals surface area (Å²) >= 11 is 0. The third-order valence-corrected chi connectivity index (χ3v) is 6.58. The normalized spacial score (nSPS) is 15.0. The number of carbonyl (C=O) groups excluding carboxylic acids is 1. The number of anilines is 1. The van der Waals surface area contributed by atoms with Gasteiger partial charge in [-0.1, -0.05) is 66.7 Å². The Morgan fingerprint density at radius 3 is 2.15 bits per heavy atom. The van der Waals surface area contributed by atoms with Gasteiger partial charge in [-0.2, -0.15) is 0 Å². The molecule has 1 N–H and O–H groups in total. The number of aromatic nitrogens is 1. The van der Waals surface area contributed by atoms with Crippen LogP contribution in [0.15, 0.2) is 97.2 Å². The summed E-state index contributed by atoms with van der Waals surface area (Å²) in [6, 6.07) is 31.5. The maximum Gasteiger partial charge on any atom is 0.225 e. The number of piperazine rings is 1. The Morgan fingerprint density at radius 1 is 0.794 bits per heavy atom. The predicted molar refractivity (Wildman–Crippen MR) is 138 cm³/mol. The molecule has 5 nitrogen and oxygen atoms in total. The molecule has 1 saturated heterocycles. The Kier molecular flexibility index (Phi) is 6.94. The van der Waals surface area contributed by atoms with Crippen LogP contribution in [-0.2, 0) is 4.79 Å². The molecule has 4 aromatic rings. The van der Waals surface area contributed by atoms with Gasteiger partial charge in [0, 0.05) is 50.7 Å². The molecule has 1 fully saturated rings. The number of nitrogens with one attached hydrogen (secondary N) is 1. The Hall–Kier alpha value is -3.54. The fourth-order valence-corrected chi connectivity index (χ4v) is 4.81. The van der Waals surface area contributed by atoms with Crippen LogP contribution >= 0.6 is 0 Å². The van der Waals surface area contributed by atoms with E-state index in [4.69, 9.17) is 0 Å². The van der Waals surface area contributed by atoms with Crippen molar-refractivity contribution in [3.05, 3.63) is 108 Å². The predicted octanol–water partition coefficient (Wildman–Crippen LogP) is 4.97. The molecule has 2 heterocycles. The van der Waals surface area contributed by atoms with E-state index in [0.717, 1.165) is 49.3 Å². The lowest BCUT2D eigenvalue weighted by molar-refractivity contribution is -0.116. The monoisotopic (exact) mass is 450 g/mol. The summed E-state index contributed by atoms with van der Waals surface area (Å²) in [6.07, 6.45) is 2.26. The smallest absolute Gasteiger partial charge is 0.225 e. The number of amides is 1. The van der Waals surface area contributed by atoms with Crippen molar-refractivity contribution in [2.45, 2.75) is 12.5 Å². The highest BCUT2D eigenvalue weighted by Crippen LogP contribution is 2.29. The lowest BCUT2D eigenvalue weighted by Gasteiger charge is -2.39. The van der Waals surface area contributed by atoms with Gasteiger partial charge in [-0.05, 0) is 35.4 Å². The molecule has 0 saturated carbocycles. The molecule has 0 radical (unpaired) electrons. The second kappa shape index (κ2) is 10.6. The second-order valence-electron chi connectivity index (χ2n) is 8.78. The standard InChI is InChI=1S/C29H30N4O/c34-28(31-27-15-7-14-26-25(27)13-8-17-30-26)16-18-32-19-21-33(22-20-32)29(23-9-3-1-4-10-23)24-11-5-2-6-12-24/h1-15,17,29H,16,18-22H2,(H,31,34). The van der Waals surface area contributed by atoms with Crippen molar-refractivity contribution in [2.75, 3.05) is 38.0 Å². The van der Waals surface area contributed by atoms with Crippen molar-refractivity contribution < 1.29 is 4.79 Å². The SMILES string of the molecule is O=C(CCN1CCN(C(c2ccccc2)c2ccccc2)CC1)Nc1cccc2ncccc12. The average molecular weight is 451 g/mol. The molecule has 0 unspecified atom stereocenters. The summed E-state index contributed by atoms with van der Waals surface area (Å²) in [5, 5.41) is 4.05. The number of hydrogen-bond acceptors (Lipinski definition) is 4. The zero-order valence-electron chi connectivity index (χ0n) is 19.3. The van der Waals surface area contributed by atoms with Crippen LogP contribution in [0.3, 0.4) is 0 Å². The number of benzene rings is 3. The van der Waals surface area contributed by atoms with Gasteiger partial charge in [-0.15, -0.1) is 0 Å². The van der Waals surface area contributed by atoms with E-state index >= 15 is 0 Å². The van der Waals surface area contributed by atoms with Gasteiger partial charge >= 0.3 is 0 Å². The largest absolute Gasteiger partial charge is 0.325 e. The van der Waals surface area contributed by atoms with Gasteiger partial charge < -0.3 is 10.2 Å². The Morgan fingerprint density at radius 2 is 1.47 bits per heavy atom. The average Bonchev–Trinajstić information content (AvgIpc) is 2.90. The highest BCUT2D eigenvalue weighted by Gasteiger charge is 2.26. The summed E-state index contributed by atoms with van der Waals surface area (Å²) in [5.74, 6) is 0.0465. The number of nitrogens with zero attached hydrogens (tertiary/aromatic N) is 3. The maximum atomic E-state index is 12.7. The number of carbonyl (C=O) groups is 1. The summed E-state index contributed by atoms with van der Waals surface area (Å²) in [5.41, 5.74) is 4.37. The number of rotatable bonds is 7. The van der Waals surface area contributed by atoms with E-state index in [-0.39, 0.29) is 11.9 Å². The summed E-state index contributed by atoms with van der Waals surface area (Å²) in [4.78, 5) is 22.0. The van der Waals surface area contributed by atoms with Gasteiger partial charge in [0.2, 0.25) is 5.91 Å². The van der Waals surface area contributed by atoms with Crippen molar-refractivity contribution in [2.24, 2.45) is 0 Å². The first-order chi connectivity index (χ1) is 16.8. The van der Waals surface area contributed by atoms with Crippen LogP contribution in [0.2, 0.25) is 0 Å². The van der Waals surface area contributed by atoms with Crippen molar-refractivity contribution in [1.82, 2.24) is 14.8 Å². The van der Waals surface area contributed by atoms with E-state index in [2.05, 4.69) is 80.8 Å². The summed E-state index contributed by atoms with van der Waals surface area (Å²) < 4.78 is 0. The zero-order chi connectivity index (χ0) is 23.2. The molecule has 0 bridgehead atoms. The van der Waals surface area contributed by atoms with Crippen LogP contribution in [0.1, 0.15) is 23.6 Å². The van der Waals surface area contributed by atoms with Crippen molar-refractivity contribution >= 4 is 22.5 Å². The fraction of sp³-hybridized carbons (Fsp3) is 0.241. The fourth-order valence-electron chi connectivity index (χ4n) is 4.81. The maximum absolute atomic E-state index is 12.7. The summed E-state index contributed by atoms with van der Waals surface area (Å²) in [7, 11) is 0. The van der Waals surface area contributed by atoms with Gasteiger partial charge in [0.1, 0.15) is 0 Å². The van der Waals surface area contributed by atoms with Gasteiger partial charge in [0.25, 0.3) is 0 Å². The number of pyridine rings is 1. The molecule has 0 aliphatic carbocycles. The first-order valence-electron chi connectivity index (χ1n) is 12.0. The van der Waals surface area contributed by atoms with Crippen LogP contribution in [0.5, 0.6) is 0 Å². The molecule has 5 heteroatoms. The van der Waals surface area contributed by atoms with Crippen LogP contribution < -0.4 is 5.32 Å². The summed E-state index contributed by atoms with van der Waals surface area (Å²) in [6.45, 7) is 4.64. The minimum absolute atomic E-state index is 0.0465. The Balaban J connectivity index is 1.18. The van der Waals surface area contributed by atoms with Gasteiger partial charge in [0.15, 0.2) is 0 Å². The minimum atomic E-state index is 0.0465. The topological polar surface area (TPSA) is 48.5 Å². The second-order valence-corrected chi connectivity index (χ2v) is 8.78. The molecule has 1 amide bonds. The molecule has 1 aromatic heterocycles. The highest BCUT2D eigenvalue weighted by atomic mass is 16.1. The van der Waals surface area contributed by atoms with Gasteiger partial charge in [0.05, 0.1) is 17.2 Å². The molecule has 34 heavy (non-hydrogen) atoms. The quantitative estimate of drug-likeness (QED) is 0.432. The first-order valence-corrected chi connectivity index (χ1v) is 12.0. The molecule has 3 aromatic carbocycles. The van der Waals surface area contributed by atoms with Gasteiger partial charge in [-0.25, -0.2) is 0 Å².